The van der Waals surface area contributed by atoms with Crippen molar-refractivity contribution in [3.05, 3.63) is 67.6 Å². The minimum absolute atomic E-state index is 0.153. The van der Waals surface area contributed by atoms with Crippen LogP contribution in [0.25, 0.3) is 0 Å². The molecule has 2 aromatic carbocycles. The Morgan fingerprint density at radius 3 is 2.32 bits per heavy atom. The van der Waals surface area contributed by atoms with Gasteiger partial charge in [0.05, 0.1) is 18.6 Å². The van der Waals surface area contributed by atoms with E-state index in [1.165, 1.54) is 11.1 Å². The Balaban J connectivity index is 1.97. The summed E-state index contributed by atoms with van der Waals surface area (Å²) in [4.78, 5) is 0. The quantitative estimate of drug-likeness (QED) is 0.597. The van der Waals surface area contributed by atoms with E-state index >= 15 is 0 Å². The van der Waals surface area contributed by atoms with Crippen molar-refractivity contribution in [1.29, 1.82) is 0 Å². The second-order valence-corrected chi connectivity index (χ2v) is 6.85. The van der Waals surface area contributed by atoms with E-state index in [0.717, 1.165) is 20.1 Å². The van der Waals surface area contributed by atoms with Crippen LogP contribution in [0.15, 0.2) is 45.3 Å². The molecule has 1 nitrogen and oxygen atoms in total. The predicted octanol–water partition coefficient (Wildman–Crippen LogP) is 5.57. The molecule has 0 spiro atoms. The van der Waals surface area contributed by atoms with E-state index in [2.05, 4.69) is 50.1 Å². The number of alkyl halides is 1. The third kappa shape index (κ3) is 2.89. The summed E-state index contributed by atoms with van der Waals surface area (Å²) in [5.41, 5.74) is 4.69. The average Bonchev–Trinajstić information content (AvgIpc) is 2.83. The van der Waals surface area contributed by atoms with Crippen molar-refractivity contribution in [3.63, 3.8) is 0 Å². The third-order valence-corrected chi connectivity index (χ3v) is 4.64. The molecule has 0 aliphatic carbocycles. The molecule has 1 aliphatic heterocycles. The number of halogens is 3. The minimum Gasteiger partial charge on any atom is -0.372 e. The fraction of sp³-hybridized carbons (Fsp3) is 0.200. The van der Waals surface area contributed by atoms with Crippen LogP contribution >= 0.6 is 43.5 Å². The highest BCUT2D eigenvalue weighted by Crippen LogP contribution is 2.34. The summed E-state index contributed by atoms with van der Waals surface area (Å²) in [6, 6.07) is 12.4. The highest BCUT2D eigenvalue weighted by atomic mass is 79.9. The lowest BCUT2D eigenvalue weighted by Gasteiger charge is -2.12. The van der Waals surface area contributed by atoms with Gasteiger partial charge >= 0.3 is 0 Å². The van der Waals surface area contributed by atoms with Crippen LogP contribution in [0.3, 0.4) is 0 Å². The molecule has 0 fully saturated rings. The topological polar surface area (TPSA) is 9.23 Å². The van der Waals surface area contributed by atoms with Gasteiger partial charge in [-0.25, -0.2) is 0 Å². The fourth-order valence-corrected chi connectivity index (χ4v) is 3.85. The van der Waals surface area contributed by atoms with Gasteiger partial charge < -0.3 is 4.74 Å². The Morgan fingerprint density at radius 2 is 1.58 bits per heavy atom. The molecule has 0 aromatic heterocycles. The van der Waals surface area contributed by atoms with Crippen molar-refractivity contribution >= 4 is 43.5 Å². The van der Waals surface area contributed by atoms with Crippen molar-refractivity contribution < 1.29 is 4.74 Å². The van der Waals surface area contributed by atoms with Gasteiger partial charge in [-0.3, -0.25) is 0 Å². The van der Waals surface area contributed by atoms with Crippen LogP contribution in [-0.4, -0.2) is 0 Å². The van der Waals surface area contributed by atoms with Gasteiger partial charge in [0.25, 0.3) is 0 Å². The van der Waals surface area contributed by atoms with Crippen LogP contribution in [0.1, 0.15) is 27.6 Å². The van der Waals surface area contributed by atoms with Crippen LogP contribution in [0.2, 0.25) is 0 Å². The zero-order chi connectivity index (χ0) is 13.4. The van der Waals surface area contributed by atoms with Crippen LogP contribution in [-0.2, 0) is 18.0 Å². The molecular weight excluding hydrogens is 391 g/mol. The standard InChI is InChI=1S/C15H11Br2ClO/c16-13-4-11(5-14(17)6-13)15(18)9-1-2-10-7-19-8-12(10)3-9/h1-6,15H,7-8H2. The minimum atomic E-state index is -0.153. The van der Waals surface area contributed by atoms with E-state index in [-0.39, 0.29) is 5.38 Å². The predicted molar refractivity (Wildman–Crippen MR) is 84.5 cm³/mol. The molecule has 98 valence electrons. The Morgan fingerprint density at radius 1 is 0.895 bits per heavy atom. The number of hydrogen-bond acceptors (Lipinski definition) is 1. The first-order chi connectivity index (χ1) is 9.13. The van der Waals surface area contributed by atoms with Crippen molar-refractivity contribution in [2.75, 3.05) is 0 Å². The van der Waals surface area contributed by atoms with Crippen LogP contribution in [0, 0.1) is 0 Å². The zero-order valence-corrected chi connectivity index (χ0v) is 13.9. The molecule has 1 aliphatic rings. The molecule has 2 aromatic rings. The third-order valence-electron chi connectivity index (χ3n) is 3.22. The molecule has 0 N–H and O–H groups in total. The maximum absolute atomic E-state index is 6.59. The second kappa shape index (κ2) is 5.57. The van der Waals surface area contributed by atoms with Gasteiger partial charge in [0, 0.05) is 8.95 Å². The lowest BCUT2D eigenvalue weighted by molar-refractivity contribution is 0.134. The first-order valence-corrected chi connectivity index (χ1v) is 7.95. The number of ether oxygens (including phenoxy) is 1. The largest absolute Gasteiger partial charge is 0.372 e. The van der Waals surface area contributed by atoms with E-state index in [9.17, 15) is 0 Å². The summed E-state index contributed by atoms with van der Waals surface area (Å²) in [6.07, 6.45) is 0. The fourth-order valence-electron chi connectivity index (χ4n) is 2.26. The van der Waals surface area contributed by atoms with Crippen molar-refractivity contribution in [1.82, 2.24) is 0 Å². The SMILES string of the molecule is ClC(c1cc(Br)cc(Br)c1)c1ccc2c(c1)COC2. The Bertz CT molecular complexity index is 607. The number of fused-ring (bicyclic) bond motifs is 1. The van der Waals surface area contributed by atoms with E-state index < -0.39 is 0 Å². The highest BCUT2D eigenvalue weighted by Gasteiger charge is 2.16. The zero-order valence-electron chi connectivity index (χ0n) is 10.00. The van der Waals surface area contributed by atoms with Gasteiger partial charge in [0.1, 0.15) is 0 Å². The van der Waals surface area contributed by atoms with Crippen LogP contribution < -0.4 is 0 Å². The molecule has 0 bridgehead atoms. The molecule has 1 atom stereocenters. The van der Waals surface area contributed by atoms with E-state index in [1.54, 1.807) is 0 Å². The van der Waals surface area contributed by atoms with Gasteiger partial charge in [-0.1, -0.05) is 50.1 Å². The molecule has 0 saturated heterocycles. The number of rotatable bonds is 2. The molecule has 4 heteroatoms. The van der Waals surface area contributed by atoms with Crippen LogP contribution in [0.5, 0.6) is 0 Å². The molecule has 0 amide bonds. The summed E-state index contributed by atoms with van der Waals surface area (Å²) >= 11 is 13.6. The van der Waals surface area contributed by atoms with E-state index in [4.69, 9.17) is 16.3 Å². The Labute approximate surface area is 134 Å². The highest BCUT2D eigenvalue weighted by molar-refractivity contribution is 9.11. The number of benzene rings is 2. The van der Waals surface area contributed by atoms with E-state index in [1.807, 2.05) is 18.2 Å². The summed E-state index contributed by atoms with van der Waals surface area (Å²) in [5.74, 6) is 0. The number of hydrogen-bond donors (Lipinski definition) is 0. The molecule has 1 unspecified atom stereocenters. The first-order valence-electron chi connectivity index (χ1n) is 5.93. The van der Waals surface area contributed by atoms with Crippen molar-refractivity contribution in [2.45, 2.75) is 18.6 Å². The lowest BCUT2D eigenvalue weighted by atomic mass is 10.0. The lowest BCUT2D eigenvalue weighted by Crippen LogP contribution is -1.95. The Kier molecular flexibility index (Phi) is 3.99. The van der Waals surface area contributed by atoms with E-state index in [0.29, 0.717) is 13.2 Å². The summed E-state index contributed by atoms with van der Waals surface area (Å²) < 4.78 is 7.48. The van der Waals surface area contributed by atoms with Gasteiger partial charge in [0.2, 0.25) is 0 Å². The van der Waals surface area contributed by atoms with Gasteiger partial charge in [0.15, 0.2) is 0 Å². The summed E-state index contributed by atoms with van der Waals surface area (Å²) in [5, 5.41) is -0.153. The summed E-state index contributed by atoms with van der Waals surface area (Å²) in [6.45, 7) is 1.40. The van der Waals surface area contributed by atoms with Gasteiger partial charge in [-0.15, -0.1) is 11.6 Å². The van der Waals surface area contributed by atoms with Crippen molar-refractivity contribution in [3.8, 4) is 0 Å². The molecular formula is C15H11Br2ClO. The van der Waals surface area contributed by atoms with Gasteiger partial charge in [-0.05, 0) is 40.5 Å². The smallest absolute Gasteiger partial charge is 0.0836 e. The monoisotopic (exact) mass is 400 g/mol. The Hall–Kier alpha value is -0.350. The van der Waals surface area contributed by atoms with Crippen molar-refractivity contribution in [2.24, 2.45) is 0 Å². The molecule has 0 radical (unpaired) electrons. The normalized spacial score (nSPS) is 15.3. The molecule has 19 heavy (non-hydrogen) atoms. The average molecular weight is 403 g/mol. The summed E-state index contributed by atoms with van der Waals surface area (Å²) in [7, 11) is 0. The van der Waals surface area contributed by atoms with Crippen LogP contribution in [0.4, 0.5) is 0 Å². The molecule has 1 heterocycles. The molecule has 0 saturated carbocycles. The maximum atomic E-state index is 6.59. The van der Waals surface area contributed by atoms with Gasteiger partial charge in [-0.2, -0.15) is 0 Å². The second-order valence-electron chi connectivity index (χ2n) is 4.59. The maximum Gasteiger partial charge on any atom is 0.0836 e. The molecule has 3 rings (SSSR count). The first kappa shape index (κ1) is 13.6.